The first-order chi connectivity index (χ1) is 14.6. The SMILES string of the molecule is Cc1ccc(Cc2nc(CCNC(=O)c3cc(-c4ccc(F)cc4)on3)n[nH]2)cc1. The van der Waals surface area contributed by atoms with E-state index in [1.54, 1.807) is 12.1 Å². The summed E-state index contributed by atoms with van der Waals surface area (Å²) in [7, 11) is 0. The summed E-state index contributed by atoms with van der Waals surface area (Å²) in [6.45, 7) is 2.41. The van der Waals surface area contributed by atoms with Crippen LogP contribution in [0.1, 0.15) is 33.3 Å². The Kier molecular flexibility index (Phi) is 5.65. The molecule has 0 aliphatic heterocycles. The Balaban J connectivity index is 1.28. The van der Waals surface area contributed by atoms with Crippen molar-refractivity contribution < 1.29 is 13.7 Å². The highest BCUT2D eigenvalue weighted by Gasteiger charge is 2.14. The predicted molar refractivity (Wildman–Crippen MR) is 108 cm³/mol. The van der Waals surface area contributed by atoms with E-state index in [2.05, 4.69) is 49.9 Å². The molecule has 2 N–H and O–H groups in total. The second kappa shape index (κ2) is 8.69. The van der Waals surface area contributed by atoms with Crippen LogP contribution in [0, 0.1) is 12.7 Å². The zero-order chi connectivity index (χ0) is 20.9. The average molecular weight is 405 g/mol. The van der Waals surface area contributed by atoms with Gasteiger partial charge in [0.15, 0.2) is 17.3 Å². The number of carbonyl (C=O) groups is 1. The molecule has 8 heteroatoms. The Labute approximate surface area is 172 Å². The van der Waals surface area contributed by atoms with Gasteiger partial charge in [-0.2, -0.15) is 5.10 Å². The van der Waals surface area contributed by atoms with Crippen LogP contribution < -0.4 is 5.32 Å². The van der Waals surface area contributed by atoms with Crippen LogP contribution in [0.25, 0.3) is 11.3 Å². The van der Waals surface area contributed by atoms with Crippen LogP contribution in [-0.4, -0.2) is 32.8 Å². The minimum absolute atomic E-state index is 0.157. The fourth-order valence-electron chi connectivity index (χ4n) is 2.94. The molecule has 2 aromatic heterocycles. The lowest BCUT2D eigenvalue weighted by Crippen LogP contribution is -2.26. The smallest absolute Gasteiger partial charge is 0.273 e. The summed E-state index contributed by atoms with van der Waals surface area (Å²) in [5.74, 6) is 1.10. The van der Waals surface area contributed by atoms with Gasteiger partial charge < -0.3 is 9.84 Å². The lowest BCUT2D eigenvalue weighted by molar-refractivity contribution is 0.0945. The van der Waals surface area contributed by atoms with Crippen molar-refractivity contribution in [2.45, 2.75) is 19.8 Å². The maximum atomic E-state index is 13.0. The summed E-state index contributed by atoms with van der Waals surface area (Å²) >= 11 is 0. The fourth-order valence-corrected chi connectivity index (χ4v) is 2.94. The first kappa shape index (κ1) is 19.5. The number of amides is 1. The van der Waals surface area contributed by atoms with E-state index in [-0.39, 0.29) is 17.4 Å². The Bertz CT molecular complexity index is 1130. The molecule has 0 bridgehead atoms. The van der Waals surface area contributed by atoms with Gasteiger partial charge in [-0.05, 0) is 36.8 Å². The van der Waals surface area contributed by atoms with Gasteiger partial charge in [0, 0.05) is 31.0 Å². The number of aryl methyl sites for hydroxylation is 1. The average Bonchev–Trinajstić information content (AvgIpc) is 3.40. The standard InChI is InChI=1S/C22H20FN5O2/c1-14-2-4-15(5-3-14)12-21-25-20(26-27-21)10-11-24-22(29)18-13-19(30-28-18)16-6-8-17(23)9-7-16/h2-9,13H,10-12H2,1H3,(H,24,29)(H,25,26,27). The summed E-state index contributed by atoms with van der Waals surface area (Å²) in [6.07, 6.45) is 1.16. The maximum Gasteiger partial charge on any atom is 0.273 e. The lowest BCUT2D eigenvalue weighted by atomic mass is 10.1. The van der Waals surface area contributed by atoms with Crippen LogP contribution in [0.15, 0.2) is 59.1 Å². The van der Waals surface area contributed by atoms with E-state index in [9.17, 15) is 9.18 Å². The molecule has 0 fully saturated rings. The molecule has 0 unspecified atom stereocenters. The van der Waals surface area contributed by atoms with E-state index in [0.717, 1.165) is 11.4 Å². The number of hydrogen-bond acceptors (Lipinski definition) is 5. The topological polar surface area (TPSA) is 96.7 Å². The number of aromatic nitrogens is 4. The molecule has 152 valence electrons. The molecule has 7 nitrogen and oxygen atoms in total. The molecule has 4 aromatic rings. The highest BCUT2D eigenvalue weighted by atomic mass is 19.1. The molecule has 0 radical (unpaired) electrons. The predicted octanol–water partition coefficient (Wildman–Crippen LogP) is 3.47. The van der Waals surface area contributed by atoms with Crippen LogP contribution >= 0.6 is 0 Å². The van der Waals surface area contributed by atoms with Crippen molar-refractivity contribution in [2.24, 2.45) is 0 Å². The summed E-state index contributed by atoms with van der Waals surface area (Å²) < 4.78 is 18.2. The van der Waals surface area contributed by atoms with Crippen LogP contribution in [0.5, 0.6) is 0 Å². The van der Waals surface area contributed by atoms with E-state index >= 15 is 0 Å². The van der Waals surface area contributed by atoms with E-state index in [4.69, 9.17) is 4.52 Å². The zero-order valence-corrected chi connectivity index (χ0v) is 16.4. The molecule has 0 atom stereocenters. The number of nitrogens with zero attached hydrogens (tertiary/aromatic N) is 3. The van der Waals surface area contributed by atoms with Crippen LogP contribution in [0.3, 0.4) is 0 Å². The van der Waals surface area contributed by atoms with E-state index in [0.29, 0.717) is 36.5 Å². The van der Waals surface area contributed by atoms with Crippen molar-refractivity contribution in [3.8, 4) is 11.3 Å². The first-order valence-corrected chi connectivity index (χ1v) is 9.53. The molecule has 0 aliphatic rings. The monoisotopic (exact) mass is 405 g/mol. The lowest BCUT2D eigenvalue weighted by Gasteiger charge is -2.00. The Morgan fingerprint density at radius 3 is 2.67 bits per heavy atom. The normalized spacial score (nSPS) is 10.9. The number of nitrogens with one attached hydrogen (secondary N) is 2. The molecule has 0 spiro atoms. The van der Waals surface area contributed by atoms with Crippen LogP contribution in [0.2, 0.25) is 0 Å². The van der Waals surface area contributed by atoms with Gasteiger partial charge in [-0.3, -0.25) is 9.89 Å². The molecule has 2 heterocycles. The molecule has 2 aromatic carbocycles. The second-order valence-electron chi connectivity index (χ2n) is 6.95. The van der Waals surface area contributed by atoms with Gasteiger partial charge in [0.05, 0.1) is 0 Å². The number of benzene rings is 2. The third-order valence-corrected chi connectivity index (χ3v) is 4.58. The quantitative estimate of drug-likeness (QED) is 0.491. The number of rotatable bonds is 7. The number of H-pyrrole nitrogens is 1. The molecule has 0 saturated heterocycles. The van der Waals surface area contributed by atoms with Crippen molar-refractivity contribution in [1.82, 2.24) is 25.7 Å². The highest BCUT2D eigenvalue weighted by molar-refractivity contribution is 5.93. The molecular weight excluding hydrogens is 385 g/mol. The highest BCUT2D eigenvalue weighted by Crippen LogP contribution is 2.20. The summed E-state index contributed by atoms with van der Waals surface area (Å²) in [6, 6.07) is 15.6. The van der Waals surface area contributed by atoms with Gasteiger partial charge in [0.25, 0.3) is 5.91 Å². The molecule has 30 heavy (non-hydrogen) atoms. The van der Waals surface area contributed by atoms with Gasteiger partial charge in [0.1, 0.15) is 11.6 Å². The van der Waals surface area contributed by atoms with Crippen molar-refractivity contribution in [3.05, 3.63) is 88.9 Å². The van der Waals surface area contributed by atoms with Crippen molar-refractivity contribution in [2.75, 3.05) is 6.54 Å². The largest absolute Gasteiger partial charge is 0.355 e. The van der Waals surface area contributed by atoms with Crippen molar-refractivity contribution in [1.29, 1.82) is 0 Å². The number of halogens is 1. The van der Waals surface area contributed by atoms with Gasteiger partial charge in [-0.15, -0.1) is 0 Å². The van der Waals surface area contributed by atoms with Gasteiger partial charge >= 0.3 is 0 Å². The molecule has 0 aliphatic carbocycles. The van der Waals surface area contributed by atoms with Crippen molar-refractivity contribution in [3.63, 3.8) is 0 Å². The minimum Gasteiger partial charge on any atom is -0.355 e. The third-order valence-electron chi connectivity index (χ3n) is 4.58. The molecular formula is C22H20FN5O2. The summed E-state index contributed by atoms with van der Waals surface area (Å²) in [5, 5.41) is 13.7. The Morgan fingerprint density at radius 1 is 1.13 bits per heavy atom. The number of hydrogen-bond donors (Lipinski definition) is 2. The number of aromatic amines is 1. The fraction of sp³-hybridized carbons (Fsp3) is 0.182. The molecule has 0 saturated carbocycles. The Hall–Kier alpha value is -3.81. The molecule has 1 amide bonds. The second-order valence-corrected chi connectivity index (χ2v) is 6.95. The first-order valence-electron chi connectivity index (χ1n) is 9.53. The maximum absolute atomic E-state index is 13.0. The van der Waals surface area contributed by atoms with E-state index < -0.39 is 0 Å². The molecule has 4 rings (SSSR count). The van der Waals surface area contributed by atoms with E-state index in [1.165, 1.54) is 23.8 Å². The van der Waals surface area contributed by atoms with Gasteiger partial charge in [-0.25, -0.2) is 9.37 Å². The Morgan fingerprint density at radius 2 is 1.90 bits per heavy atom. The zero-order valence-electron chi connectivity index (χ0n) is 16.4. The van der Waals surface area contributed by atoms with Crippen LogP contribution in [-0.2, 0) is 12.8 Å². The van der Waals surface area contributed by atoms with Crippen molar-refractivity contribution >= 4 is 5.91 Å². The van der Waals surface area contributed by atoms with Gasteiger partial charge in [-0.1, -0.05) is 35.0 Å². The summed E-state index contributed by atoms with van der Waals surface area (Å²) in [5.41, 5.74) is 3.17. The van der Waals surface area contributed by atoms with E-state index in [1.807, 2.05) is 6.92 Å². The number of carbonyl (C=O) groups excluding carboxylic acids is 1. The third kappa shape index (κ3) is 4.78. The van der Waals surface area contributed by atoms with Crippen LogP contribution in [0.4, 0.5) is 4.39 Å². The summed E-state index contributed by atoms with van der Waals surface area (Å²) in [4.78, 5) is 16.7. The van der Waals surface area contributed by atoms with Gasteiger partial charge in [0.2, 0.25) is 0 Å². The minimum atomic E-state index is -0.359.